The standard InChI is InChI=1S/C10H20O2.CHF3/c1-2-3-4-5-6-7-8-9-10(11)12;2-1(3)4/h2-9H2,1H3,(H,11,12);1H. The van der Waals surface area contributed by atoms with Crippen LogP contribution < -0.4 is 0 Å². The van der Waals surface area contributed by atoms with Gasteiger partial charge in [-0.2, -0.15) is 13.2 Å². The fraction of sp³-hybridized carbons (Fsp3) is 0.909. The molecular weight excluding hydrogens is 221 g/mol. The lowest BCUT2D eigenvalue weighted by atomic mass is 10.1. The third-order valence-electron chi connectivity index (χ3n) is 1.99. The number of hydrogen-bond acceptors (Lipinski definition) is 1. The predicted molar refractivity (Wildman–Crippen MR) is 57.4 cm³/mol. The number of aliphatic carboxylic acids is 1. The van der Waals surface area contributed by atoms with E-state index in [0.717, 1.165) is 12.8 Å². The molecule has 0 aliphatic heterocycles. The van der Waals surface area contributed by atoms with E-state index < -0.39 is 12.6 Å². The summed E-state index contributed by atoms with van der Waals surface area (Å²) in [6.45, 7) is -1.47. The molecular formula is C11H21F3O2. The smallest absolute Gasteiger partial charge is 0.379 e. The van der Waals surface area contributed by atoms with Crippen LogP contribution in [-0.4, -0.2) is 17.8 Å². The molecule has 0 heterocycles. The van der Waals surface area contributed by atoms with Gasteiger partial charge in [-0.25, -0.2) is 0 Å². The van der Waals surface area contributed by atoms with Gasteiger partial charge in [-0.05, 0) is 6.42 Å². The van der Waals surface area contributed by atoms with E-state index in [0.29, 0.717) is 6.42 Å². The molecule has 0 rings (SSSR count). The average Bonchev–Trinajstić information content (AvgIpc) is 2.15. The lowest BCUT2D eigenvalue weighted by Crippen LogP contribution is -1.93. The van der Waals surface area contributed by atoms with E-state index in [1.54, 1.807) is 0 Å². The Morgan fingerprint density at radius 3 is 1.75 bits per heavy atom. The van der Waals surface area contributed by atoms with Gasteiger partial charge >= 0.3 is 12.6 Å². The second kappa shape index (κ2) is 14.3. The quantitative estimate of drug-likeness (QED) is 0.641. The van der Waals surface area contributed by atoms with E-state index in [-0.39, 0.29) is 0 Å². The minimum Gasteiger partial charge on any atom is -0.481 e. The number of halogens is 3. The normalized spacial score (nSPS) is 9.81. The summed E-state index contributed by atoms with van der Waals surface area (Å²) in [6, 6.07) is 0. The van der Waals surface area contributed by atoms with Gasteiger partial charge in [0.2, 0.25) is 0 Å². The highest BCUT2D eigenvalue weighted by molar-refractivity contribution is 5.66. The van der Waals surface area contributed by atoms with Crippen LogP contribution in [0.4, 0.5) is 13.2 Å². The van der Waals surface area contributed by atoms with Gasteiger partial charge in [-0.15, -0.1) is 0 Å². The third kappa shape index (κ3) is 29.2. The molecule has 0 aromatic heterocycles. The largest absolute Gasteiger partial charge is 0.481 e. The Morgan fingerprint density at radius 2 is 1.38 bits per heavy atom. The van der Waals surface area contributed by atoms with Crippen LogP contribution in [0, 0.1) is 0 Å². The maximum absolute atomic E-state index is 10.1. The third-order valence-corrected chi connectivity index (χ3v) is 1.99. The van der Waals surface area contributed by atoms with Crippen molar-refractivity contribution in [3.8, 4) is 0 Å². The molecule has 0 spiro atoms. The van der Waals surface area contributed by atoms with E-state index in [1.165, 1.54) is 32.1 Å². The zero-order valence-corrected chi connectivity index (χ0v) is 9.72. The van der Waals surface area contributed by atoms with Gasteiger partial charge in [0, 0.05) is 6.42 Å². The van der Waals surface area contributed by atoms with Gasteiger partial charge in [-0.3, -0.25) is 4.79 Å². The summed E-state index contributed by atoms with van der Waals surface area (Å²) in [5, 5.41) is 8.35. The molecule has 0 saturated carbocycles. The number of alkyl halides is 3. The van der Waals surface area contributed by atoms with Crippen LogP contribution >= 0.6 is 0 Å². The summed E-state index contributed by atoms with van der Waals surface area (Å²) in [6.07, 6.45) is 8.64. The molecule has 1 N–H and O–H groups in total. The number of unbranched alkanes of at least 4 members (excludes halogenated alkanes) is 6. The molecule has 0 aromatic rings. The minimum absolute atomic E-state index is 0.341. The van der Waals surface area contributed by atoms with Crippen molar-refractivity contribution in [2.45, 2.75) is 65.0 Å². The van der Waals surface area contributed by atoms with E-state index in [1.807, 2.05) is 0 Å². The van der Waals surface area contributed by atoms with Crippen molar-refractivity contribution in [2.24, 2.45) is 0 Å². The molecule has 0 aromatic carbocycles. The van der Waals surface area contributed by atoms with Crippen LogP contribution in [0.1, 0.15) is 58.3 Å². The molecule has 0 bridgehead atoms. The van der Waals surface area contributed by atoms with E-state index >= 15 is 0 Å². The molecule has 0 atom stereocenters. The van der Waals surface area contributed by atoms with Gasteiger partial charge in [0.05, 0.1) is 0 Å². The van der Waals surface area contributed by atoms with Crippen LogP contribution in [0.15, 0.2) is 0 Å². The van der Waals surface area contributed by atoms with Gasteiger partial charge in [0.15, 0.2) is 0 Å². The Morgan fingerprint density at radius 1 is 1.00 bits per heavy atom. The van der Waals surface area contributed by atoms with Crippen LogP contribution in [-0.2, 0) is 4.79 Å². The molecule has 2 nitrogen and oxygen atoms in total. The number of hydrogen-bond donors (Lipinski definition) is 1. The van der Waals surface area contributed by atoms with Crippen molar-refractivity contribution < 1.29 is 23.1 Å². The van der Waals surface area contributed by atoms with E-state index in [2.05, 4.69) is 6.92 Å². The lowest BCUT2D eigenvalue weighted by Gasteiger charge is -1.98. The highest BCUT2D eigenvalue weighted by Gasteiger charge is 1.95. The second-order valence-electron chi connectivity index (χ2n) is 3.51. The Labute approximate surface area is 94.8 Å². The van der Waals surface area contributed by atoms with Crippen molar-refractivity contribution in [1.82, 2.24) is 0 Å². The molecule has 0 aliphatic carbocycles. The average molecular weight is 242 g/mol. The first kappa shape index (κ1) is 17.6. The molecule has 5 heteroatoms. The molecule has 0 amide bonds. The van der Waals surface area contributed by atoms with Crippen molar-refractivity contribution in [1.29, 1.82) is 0 Å². The highest BCUT2D eigenvalue weighted by Crippen LogP contribution is 2.07. The van der Waals surface area contributed by atoms with Crippen molar-refractivity contribution in [2.75, 3.05) is 0 Å². The van der Waals surface area contributed by atoms with Gasteiger partial charge < -0.3 is 5.11 Å². The first-order chi connectivity index (χ1) is 7.50. The summed E-state index contributed by atoms with van der Waals surface area (Å²) in [5.41, 5.74) is 0. The molecule has 0 saturated heterocycles. The molecule has 0 aliphatic rings. The Bertz CT molecular complexity index is 149. The highest BCUT2D eigenvalue weighted by atomic mass is 19.4. The Hall–Kier alpha value is -0.740. The maximum atomic E-state index is 10.1. The second-order valence-corrected chi connectivity index (χ2v) is 3.51. The van der Waals surface area contributed by atoms with Gasteiger partial charge in [-0.1, -0.05) is 45.4 Å². The minimum atomic E-state index is -3.67. The predicted octanol–water partition coefficient (Wildman–Crippen LogP) is 4.39. The SMILES string of the molecule is CCCCCCCCCC(=O)O.FC(F)F. The van der Waals surface area contributed by atoms with Crippen molar-refractivity contribution in [3.63, 3.8) is 0 Å². The number of carbonyl (C=O) groups is 1. The first-order valence-corrected chi connectivity index (χ1v) is 5.64. The van der Waals surface area contributed by atoms with Gasteiger partial charge in [0.1, 0.15) is 0 Å². The van der Waals surface area contributed by atoms with Gasteiger partial charge in [0.25, 0.3) is 0 Å². The fourth-order valence-corrected chi connectivity index (χ4v) is 1.23. The Balaban J connectivity index is 0. The van der Waals surface area contributed by atoms with E-state index in [9.17, 15) is 18.0 Å². The van der Waals surface area contributed by atoms with Crippen molar-refractivity contribution in [3.05, 3.63) is 0 Å². The van der Waals surface area contributed by atoms with Crippen LogP contribution in [0.25, 0.3) is 0 Å². The van der Waals surface area contributed by atoms with Crippen LogP contribution in [0.3, 0.4) is 0 Å². The zero-order valence-electron chi connectivity index (χ0n) is 9.72. The topological polar surface area (TPSA) is 37.3 Å². The van der Waals surface area contributed by atoms with Crippen LogP contribution in [0.2, 0.25) is 0 Å². The number of rotatable bonds is 8. The molecule has 0 fully saturated rings. The number of carboxylic acids is 1. The summed E-state index contributed by atoms with van der Waals surface area (Å²) >= 11 is 0. The Kier molecular flexibility index (Phi) is 15.7. The van der Waals surface area contributed by atoms with Crippen molar-refractivity contribution >= 4 is 5.97 Å². The maximum Gasteiger partial charge on any atom is 0.379 e. The molecule has 0 radical (unpaired) electrons. The molecule has 16 heavy (non-hydrogen) atoms. The molecule has 98 valence electrons. The lowest BCUT2D eigenvalue weighted by molar-refractivity contribution is -0.137. The summed E-state index contributed by atoms with van der Waals surface area (Å²) in [4.78, 5) is 10.1. The zero-order chi connectivity index (χ0) is 12.8. The first-order valence-electron chi connectivity index (χ1n) is 5.64. The number of carboxylic acid groups (broad SMARTS) is 1. The summed E-state index contributed by atoms with van der Waals surface area (Å²) < 4.78 is 29.0. The van der Waals surface area contributed by atoms with E-state index in [4.69, 9.17) is 5.11 Å². The summed E-state index contributed by atoms with van der Waals surface area (Å²) in [5.74, 6) is -0.663. The van der Waals surface area contributed by atoms with Crippen LogP contribution in [0.5, 0.6) is 0 Å². The fourth-order valence-electron chi connectivity index (χ4n) is 1.23. The monoisotopic (exact) mass is 242 g/mol. The summed E-state index contributed by atoms with van der Waals surface area (Å²) in [7, 11) is 0. The molecule has 0 unspecified atom stereocenters.